The van der Waals surface area contributed by atoms with Gasteiger partial charge in [0.15, 0.2) is 0 Å². The Hall–Kier alpha value is -2.90. The molecule has 8 heteroatoms. The van der Waals surface area contributed by atoms with Crippen LogP contribution in [0.4, 0.5) is 5.69 Å². The zero-order valence-electron chi connectivity index (χ0n) is 14.1. The van der Waals surface area contributed by atoms with E-state index in [0.29, 0.717) is 22.9 Å². The third-order valence-electron chi connectivity index (χ3n) is 3.72. The van der Waals surface area contributed by atoms with Gasteiger partial charge in [0.25, 0.3) is 5.88 Å². The average Bonchev–Trinajstić information content (AvgIpc) is 2.98. The summed E-state index contributed by atoms with van der Waals surface area (Å²) in [4.78, 5) is 14.0. The Morgan fingerprint density at radius 2 is 1.88 bits per heavy atom. The molecule has 0 aliphatic heterocycles. The molecule has 0 aliphatic carbocycles. The van der Waals surface area contributed by atoms with E-state index < -0.39 is 0 Å². The van der Waals surface area contributed by atoms with Crippen LogP contribution in [0.2, 0.25) is 5.02 Å². The van der Waals surface area contributed by atoms with Crippen LogP contribution in [0.3, 0.4) is 0 Å². The van der Waals surface area contributed by atoms with Crippen LogP contribution in [-0.2, 0) is 11.3 Å². The van der Waals surface area contributed by atoms with Gasteiger partial charge < -0.3 is 10.4 Å². The van der Waals surface area contributed by atoms with E-state index >= 15 is 0 Å². The van der Waals surface area contributed by atoms with Crippen molar-refractivity contribution in [1.82, 2.24) is 19.9 Å². The quantitative estimate of drug-likeness (QED) is 0.696. The summed E-state index contributed by atoms with van der Waals surface area (Å²) in [5, 5.41) is 21.0. The predicted octanol–water partition coefficient (Wildman–Crippen LogP) is 2.70. The predicted molar refractivity (Wildman–Crippen MR) is 99.4 cm³/mol. The van der Waals surface area contributed by atoms with Crippen molar-refractivity contribution in [3.05, 3.63) is 65.3 Å². The lowest BCUT2D eigenvalue weighted by Crippen LogP contribution is -2.30. The summed E-state index contributed by atoms with van der Waals surface area (Å²) in [6.07, 6.45) is 0. The molecule has 1 aromatic heterocycles. The van der Waals surface area contributed by atoms with Crippen LogP contribution in [0, 0.1) is 0 Å². The molecule has 0 radical (unpaired) electrons. The Balaban J connectivity index is 1.67. The Morgan fingerprint density at radius 3 is 2.62 bits per heavy atom. The van der Waals surface area contributed by atoms with Gasteiger partial charge in [0.05, 0.1) is 22.9 Å². The molecule has 0 bridgehead atoms. The minimum Gasteiger partial charge on any atom is -0.491 e. The first kappa shape index (κ1) is 17.9. The van der Waals surface area contributed by atoms with Crippen molar-refractivity contribution in [1.29, 1.82) is 0 Å². The largest absolute Gasteiger partial charge is 0.491 e. The number of hydrogen-bond acceptors (Lipinski definition) is 5. The monoisotopic (exact) mass is 371 g/mol. The molecule has 2 aromatic carbocycles. The molecule has 0 spiro atoms. The van der Waals surface area contributed by atoms with E-state index in [0.717, 1.165) is 5.69 Å². The minimum atomic E-state index is -0.209. The first-order valence-corrected chi connectivity index (χ1v) is 8.34. The number of halogens is 1. The highest BCUT2D eigenvalue weighted by atomic mass is 35.5. The standard InChI is InChI=1S/C18H18ClN5O2/c1-23(12-17(25)20-15-10-6-5-9-14(15)19)11-16-18(26)21-22-24(16)13-7-3-2-4-8-13/h2-10,26H,11-12H2,1H3,(H,20,25). The summed E-state index contributed by atoms with van der Waals surface area (Å²) in [6.45, 7) is 0.411. The molecular formula is C18H18ClN5O2. The zero-order valence-corrected chi connectivity index (χ0v) is 14.9. The van der Waals surface area contributed by atoms with Crippen molar-refractivity contribution in [2.75, 3.05) is 18.9 Å². The Bertz CT molecular complexity index is 898. The Labute approximate surface area is 155 Å². The van der Waals surface area contributed by atoms with Gasteiger partial charge in [0.1, 0.15) is 5.69 Å². The smallest absolute Gasteiger partial charge is 0.256 e. The van der Waals surface area contributed by atoms with Gasteiger partial charge >= 0.3 is 0 Å². The number of carbonyl (C=O) groups excluding carboxylic acids is 1. The van der Waals surface area contributed by atoms with Gasteiger partial charge in [-0.05, 0) is 31.3 Å². The average molecular weight is 372 g/mol. The number of rotatable bonds is 6. The third kappa shape index (κ3) is 4.19. The molecule has 1 heterocycles. The highest BCUT2D eigenvalue weighted by Crippen LogP contribution is 2.21. The second kappa shape index (κ2) is 7.99. The number of aromatic nitrogens is 3. The molecule has 26 heavy (non-hydrogen) atoms. The first-order chi connectivity index (χ1) is 12.5. The fourth-order valence-corrected chi connectivity index (χ4v) is 2.70. The zero-order chi connectivity index (χ0) is 18.5. The van der Waals surface area contributed by atoms with E-state index in [4.69, 9.17) is 11.6 Å². The molecule has 0 fully saturated rings. The number of benzene rings is 2. The molecular weight excluding hydrogens is 354 g/mol. The van der Waals surface area contributed by atoms with E-state index in [1.165, 1.54) is 0 Å². The fraction of sp³-hybridized carbons (Fsp3) is 0.167. The first-order valence-electron chi connectivity index (χ1n) is 7.96. The van der Waals surface area contributed by atoms with Crippen LogP contribution in [0.25, 0.3) is 5.69 Å². The number of carbonyl (C=O) groups is 1. The second-order valence-electron chi connectivity index (χ2n) is 5.81. The van der Waals surface area contributed by atoms with Gasteiger partial charge in [-0.2, -0.15) is 0 Å². The van der Waals surface area contributed by atoms with Crippen molar-refractivity contribution in [2.45, 2.75) is 6.54 Å². The van der Waals surface area contributed by atoms with Gasteiger partial charge in [-0.1, -0.05) is 52.2 Å². The molecule has 134 valence electrons. The molecule has 0 atom stereocenters. The lowest BCUT2D eigenvalue weighted by Gasteiger charge is -2.17. The van der Waals surface area contributed by atoms with Crippen LogP contribution in [-0.4, -0.2) is 44.5 Å². The van der Waals surface area contributed by atoms with Crippen LogP contribution in [0.15, 0.2) is 54.6 Å². The molecule has 7 nitrogen and oxygen atoms in total. The summed E-state index contributed by atoms with van der Waals surface area (Å²) in [5.41, 5.74) is 1.85. The highest BCUT2D eigenvalue weighted by Gasteiger charge is 2.17. The molecule has 2 N–H and O–H groups in total. The number of aromatic hydroxyl groups is 1. The summed E-state index contributed by atoms with van der Waals surface area (Å²) < 4.78 is 1.55. The number of likely N-dealkylation sites (N-methyl/N-ethyl adjacent to an activating group) is 1. The van der Waals surface area contributed by atoms with Crippen LogP contribution in [0.5, 0.6) is 5.88 Å². The van der Waals surface area contributed by atoms with E-state index in [2.05, 4.69) is 15.6 Å². The number of amides is 1. The SMILES string of the molecule is CN(CC(=O)Nc1ccccc1Cl)Cc1c(O)nnn1-c1ccccc1. The maximum atomic E-state index is 12.2. The van der Waals surface area contributed by atoms with E-state index in [1.54, 1.807) is 40.9 Å². The number of para-hydroxylation sites is 2. The molecule has 1 amide bonds. The van der Waals surface area contributed by atoms with E-state index in [-0.39, 0.29) is 18.3 Å². The number of nitrogens with zero attached hydrogens (tertiary/aromatic N) is 4. The van der Waals surface area contributed by atoms with E-state index in [1.807, 2.05) is 30.3 Å². The minimum absolute atomic E-state index is 0.116. The summed E-state index contributed by atoms with van der Waals surface area (Å²) in [5.74, 6) is -0.369. The molecule has 3 aromatic rings. The summed E-state index contributed by atoms with van der Waals surface area (Å²) in [7, 11) is 1.77. The summed E-state index contributed by atoms with van der Waals surface area (Å²) >= 11 is 6.05. The summed E-state index contributed by atoms with van der Waals surface area (Å²) in [6, 6.07) is 16.4. The van der Waals surface area contributed by atoms with Crippen LogP contribution >= 0.6 is 11.6 Å². The number of nitrogens with one attached hydrogen (secondary N) is 1. The van der Waals surface area contributed by atoms with Crippen molar-refractivity contribution in [3.63, 3.8) is 0 Å². The van der Waals surface area contributed by atoms with Crippen molar-refractivity contribution < 1.29 is 9.90 Å². The molecule has 0 unspecified atom stereocenters. The van der Waals surface area contributed by atoms with Crippen molar-refractivity contribution in [3.8, 4) is 11.6 Å². The van der Waals surface area contributed by atoms with Crippen LogP contribution in [0.1, 0.15) is 5.69 Å². The maximum absolute atomic E-state index is 12.2. The molecule has 0 saturated heterocycles. The van der Waals surface area contributed by atoms with Crippen LogP contribution < -0.4 is 5.32 Å². The van der Waals surface area contributed by atoms with Crippen molar-refractivity contribution >= 4 is 23.2 Å². The Morgan fingerprint density at radius 1 is 1.19 bits per heavy atom. The lowest BCUT2D eigenvalue weighted by molar-refractivity contribution is -0.117. The number of hydrogen-bond donors (Lipinski definition) is 2. The lowest BCUT2D eigenvalue weighted by atomic mass is 10.3. The van der Waals surface area contributed by atoms with Gasteiger partial charge in [0, 0.05) is 6.54 Å². The third-order valence-corrected chi connectivity index (χ3v) is 4.05. The number of anilines is 1. The molecule has 0 aliphatic rings. The fourth-order valence-electron chi connectivity index (χ4n) is 2.52. The molecule has 3 rings (SSSR count). The second-order valence-corrected chi connectivity index (χ2v) is 6.21. The maximum Gasteiger partial charge on any atom is 0.256 e. The van der Waals surface area contributed by atoms with Gasteiger partial charge in [-0.15, -0.1) is 0 Å². The van der Waals surface area contributed by atoms with Gasteiger partial charge in [-0.25, -0.2) is 4.68 Å². The Kier molecular flexibility index (Phi) is 5.50. The van der Waals surface area contributed by atoms with Gasteiger partial charge in [-0.3, -0.25) is 9.69 Å². The highest BCUT2D eigenvalue weighted by molar-refractivity contribution is 6.33. The van der Waals surface area contributed by atoms with Gasteiger partial charge in [0.2, 0.25) is 5.91 Å². The molecule has 0 saturated carbocycles. The topological polar surface area (TPSA) is 83.3 Å². The normalized spacial score (nSPS) is 10.9. The van der Waals surface area contributed by atoms with E-state index in [9.17, 15) is 9.90 Å². The van der Waals surface area contributed by atoms with Crippen molar-refractivity contribution in [2.24, 2.45) is 0 Å².